The summed E-state index contributed by atoms with van der Waals surface area (Å²) in [6.07, 6.45) is 11.5. The maximum absolute atomic E-state index is 7.13. The van der Waals surface area contributed by atoms with Gasteiger partial charge in [0, 0.05) is 17.1 Å². The first-order valence-corrected chi connectivity index (χ1v) is 8.92. The summed E-state index contributed by atoms with van der Waals surface area (Å²) in [6, 6.07) is 1.11. The molecule has 0 aliphatic carbocycles. The molecule has 2 rings (SSSR count). The number of piperidine rings is 1. The molecule has 0 aromatic rings. The Hall–Kier alpha value is -0.481. The molecule has 0 bridgehead atoms. The van der Waals surface area contributed by atoms with Crippen molar-refractivity contribution in [2.45, 2.75) is 50.6 Å². The van der Waals surface area contributed by atoms with Crippen molar-refractivity contribution in [2.24, 2.45) is 11.5 Å². The van der Waals surface area contributed by atoms with E-state index in [1.54, 1.807) is 0 Å². The second kappa shape index (κ2) is 25.8. The first kappa shape index (κ1) is 29.3. The van der Waals surface area contributed by atoms with Gasteiger partial charge in [0.25, 0.3) is 0 Å². The molecule has 0 aromatic carbocycles. The topological polar surface area (TPSA) is 128 Å². The molecule has 1 radical (unpaired) electrons. The summed E-state index contributed by atoms with van der Waals surface area (Å²) >= 11 is 7.40. The summed E-state index contributed by atoms with van der Waals surface area (Å²) in [5.41, 5.74) is 10.8. The van der Waals surface area contributed by atoms with Crippen LogP contribution in [-0.2, 0) is 42.3 Å². The van der Waals surface area contributed by atoms with Crippen LogP contribution in [-0.4, -0.2) is 38.3 Å². The van der Waals surface area contributed by atoms with E-state index in [0.29, 0.717) is 12.1 Å². The molecule has 6 nitrogen and oxygen atoms in total. The number of thiocyanates is 2. The SMILES string of the molecule is N#C[S-].N#C[S-].NCCC1CC=CC[N-]1.NCCC1CCCC[N-]1.[Cu]. The van der Waals surface area contributed by atoms with Crippen molar-refractivity contribution in [2.75, 3.05) is 26.2 Å². The standard InChI is InChI=1S/C7H15N2.C7H13N2.2CHNS.Cu/c2*8-5-4-7-3-1-2-6-9-7;2*2-1-3;/h7H,1-6,8H2;1-2,7H,3-6,8H2;2*3H;/q2*-1;;;/p-2. The number of rotatable bonds is 4. The van der Waals surface area contributed by atoms with Crippen LogP contribution in [0.25, 0.3) is 10.6 Å². The van der Waals surface area contributed by atoms with Gasteiger partial charge in [0.05, 0.1) is 0 Å². The fraction of sp³-hybridized carbons (Fsp3) is 0.750. The molecule has 25 heavy (non-hydrogen) atoms. The number of nitrogens with two attached hydrogens (primary N) is 2. The number of hydrogen-bond acceptors (Lipinski definition) is 6. The minimum Gasteiger partial charge on any atom is -0.696 e. The molecule has 2 atom stereocenters. The van der Waals surface area contributed by atoms with Crippen LogP contribution in [0.5, 0.6) is 0 Å². The van der Waals surface area contributed by atoms with Gasteiger partial charge in [-0.1, -0.05) is 55.4 Å². The molecule has 2 unspecified atom stereocenters. The van der Waals surface area contributed by atoms with Gasteiger partial charge in [-0.3, -0.25) is 0 Å². The van der Waals surface area contributed by atoms with Crippen molar-refractivity contribution in [3.05, 3.63) is 22.8 Å². The second-order valence-electron chi connectivity index (χ2n) is 5.12. The molecule has 4 N–H and O–H groups in total. The Labute approximate surface area is 174 Å². The Kier molecular flexibility index (Phi) is 30.2. The molecule has 2 aliphatic rings. The van der Waals surface area contributed by atoms with Gasteiger partial charge in [-0.2, -0.15) is 0 Å². The predicted molar refractivity (Wildman–Crippen MR) is 105 cm³/mol. The van der Waals surface area contributed by atoms with Crippen LogP contribution in [0.4, 0.5) is 0 Å². The van der Waals surface area contributed by atoms with E-state index in [-0.39, 0.29) is 17.1 Å². The van der Waals surface area contributed by atoms with Crippen LogP contribution in [0.3, 0.4) is 0 Å². The second-order valence-corrected chi connectivity index (χ2v) is 5.48. The maximum Gasteiger partial charge on any atom is 0 e. The van der Waals surface area contributed by atoms with E-state index in [1.165, 1.54) is 30.1 Å². The smallest absolute Gasteiger partial charge is 0 e. The fourth-order valence-corrected chi connectivity index (χ4v) is 2.30. The minimum absolute atomic E-state index is 0. The quantitative estimate of drug-likeness (QED) is 0.304. The molecule has 149 valence electrons. The number of hydrogen-bond donors (Lipinski definition) is 2. The molecular weight excluding hydrogens is 404 g/mol. The van der Waals surface area contributed by atoms with Crippen molar-refractivity contribution < 1.29 is 17.1 Å². The van der Waals surface area contributed by atoms with Crippen molar-refractivity contribution in [1.29, 1.82) is 10.5 Å². The third-order valence-corrected chi connectivity index (χ3v) is 3.38. The minimum atomic E-state index is 0. The third-order valence-electron chi connectivity index (χ3n) is 3.38. The third kappa shape index (κ3) is 23.5. The van der Waals surface area contributed by atoms with E-state index in [0.717, 1.165) is 45.4 Å². The van der Waals surface area contributed by atoms with Crippen LogP contribution in [0.2, 0.25) is 0 Å². The summed E-state index contributed by atoms with van der Waals surface area (Å²) in [5, 5.41) is 25.7. The summed E-state index contributed by atoms with van der Waals surface area (Å²) in [7, 11) is 0. The van der Waals surface area contributed by atoms with Crippen molar-refractivity contribution >= 4 is 25.3 Å². The largest absolute Gasteiger partial charge is 0.696 e. The molecular formula is C16H28CuN6S2-4. The van der Waals surface area contributed by atoms with Crippen molar-refractivity contribution in [3.8, 4) is 10.8 Å². The van der Waals surface area contributed by atoms with Gasteiger partial charge in [0.2, 0.25) is 0 Å². The van der Waals surface area contributed by atoms with E-state index in [2.05, 4.69) is 48.0 Å². The molecule has 9 heteroatoms. The van der Waals surface area contributed by atoms with Gasteiger partial charge in [0.1, 0.15) is 0 Å². The first-order valence-electron chi connectivity index (χ1n) is 8.10. The van der Waals surface area contributed by atoms with E-state index in [1.807, 2.05) is 0 Å². The zero-order chi connectivity index (χ0) is 18.5. The molecule has 0 aromatic heterocycles. The summed E-state index contributed by atoms with van der Waals surface area (Å²) < 4.78 is 0. The summed E-state index contributed by atoms with van der Waals surface area (Å²) in [4.78, 5) is 0. The predicted octanol–water partition coefficient (Wildman–Crippen LogP) is 2.33. The monoisotopic (exact) mass is 431 g/mol. The Balaban J connectivity index is -0.000000287. The van der Waals surface area contributed by atoms with E-state index < -0.39 is 0 Å². The Morgan fingerprint density at radius 3 is 1.92 bits per heavy atom. The molecule has 0 amide bonds. The zero-order valence-corrected chi connectivity index (χ0v) is 17.0. The first-order chi connectivity index (χ1) is 11.7. The van der Waals surface area contributed by atoms with E-state index in [9.17, 15) is 0 Å². The fourth-order valence-electron chi connectivity index (χ4n) is 2.30. The number of nitriles is 2. The van der Waals surface area contributed by atoms with Crippen LogP contribution >= 0.6 is 0 Å². The molecule has 1 fully saturated rings. The molecule has 2 aliphatic heterocycles. The zero-order valence-electron chi connectivity index (χ0n) is 14.4. The van der Waals surface area contributed by atoms with Gasteiger partial charge in [0.15, 0.2) is 0 Å². The Morgan fingerprint density at radius 2 is 1.52 bits per heavy atom. The Bertz CT molecular complexity index is 350. The van der Waals surface area contributed by atoms with Crippen molar-refractivity contribution in [1.82, 2.24) is 0 Å². The van der Waals surface area contributed by atoms with Gasteiger partial charge in [-0.25, -0.2) is 10.5 Å². The number of nitrogens with zero attached hydrogens (tertiary/aromatic N) is 4. The van der Waals surface area contributed by atoms with Crippen LogP contribution in [0, 0.1) is 21.3 Å². The van der Waals surface area contributed by atoms with Crippen LogP contribution in [0.15, 0.2) is 12.2 Å². The van der Waals surface area contributed by atoms with Gasteiger partial charge < -0.3 is 47.4 Å². The summed E-state index contributed by atoms with van der Waals surface area (Å²) in [5.74, 6) is 0. The van der Waals surface area contributed by atoms with Gasteiger partial charge >= 0.3 is 0 Å². The molecule has 2 heterocycles. The van der Waals surface area contributed by atoms with Crippen molar-refractivity contribution in [3.63, 3.8) is 0 Å². The molecule has 0 spiro atoms. The average molecular weight is 432 g/mol. The maximum atomic E-state index is 7.13. The van der Waals surface area contributed by atoms with E-state index in [4.69, 9.17) is 22.0 Å². The van der Waals surface area contributed by atoms with Crippen LogP contribution < -0.4 is 11.5 Å². The summed E-state index contributed by atoms with van der Waals surface area (Å²) in [6.45, 7) is 3.53. The van der Waals surface area contributed by atoms with Crippen LogP contribution in [0.1, 0.15) is 38.5 Å². The molecule has 1 saturated heterocycles. The molecule has 0 saturated carbocycles. The van der Waals surface area contributed by atoms with E-state index >= 15 is 0 Å². The normalized spacial score (nSPS) is 20.3. The Morgan fingerprint density at radius 1 is 0.960 bits per heavy atom. The van der Waals surface area contributed by atoms with Gasteiger partial charge in [-0.05, 0) is 13.1 Å². The van der Waals surface area contributed by atoms with Gasteiger partial charge in [-0.15, -0.1) is 31.2 Å². The average Bonchev–Trinajstić information content (AvgIpc) is 2.59.